The Kier molecular flexibility index (Phi) is 5.09. The van der Waals surface area contributed by atoms with Crippen LogP contribution in [0.25, 0.3) is 10.8 Å². The van der Waals surface area contributed by atoms with E-state index in [2.05, 4.69) is 9.71 Å². The van der Waals surface area contributed by atoms with Gasteiger partial charge in [0.1, 0.15) is 17.4 Å². The Hall–Kier alpha value is -3.89. The van der Waals surface area contributed by atoms with Crippen LogP contribution in [0.1, 0.15) is 11.1 Å². The van der Waals surface area contributed by atoms with Gasteiger partial charge < -0.3 is 4.74 Å². The summed E-state index contributed by atoms with van der Waals surface area (Å²) in [6.45, 7) is 1.77. The zero-order valence-electron chi connectivity index (χ0n) is 16.0. The van der Waals surface area contributed by atoms with Crippen LogP contribution in [-0.2, 0) is 10.0 Å². The van der Waals surface area contributed by atoms with Crippen molar-refractivity contribution in [3.05, 3.63) is 90.1 Å². The first-order chi connectivity index (χ1) is 14.5. The quantitative estimate of drug-likeness (QED) is 0.495. The summed E-state index contributed by atoms with van der Waals surface area (Å²) >= 11 is 0. The molecule has 1 heterocycles. The van der Waals surface area contributed by atoms with Crippen molar-refractivity contribution < 1.29 is 13.2 Å². The number of nitrogens with zero attached hydrogens (tertiary/aromatic N) is 2. The zero-order chi connectivity index (χ0) is 21.1. The number of pyridine rings is 1. The molecular formula is C23H17N3O3S. The van der Waals surface area contributed by atoms with E-state index in [9.17, 15) is 8.42 Å². The van der Waals surface area contributed by atoms with Crippen molar-refractivity contribution in [2.24, 2.45) is 0 Å². The van der Waals surface area contributed by atoms with Crippen molar-refractivity contribution in [1.29, 1.82) is 5.26 Å². The minimum absolute atomic E-state index is 0.188. The van der Waals surface area contributed by atoms with Crippen molar-refractivity contribution in [3.8, 4) is 17.7 Å². The van der Waals surface area contributed by atoms with Crippen LogP contribution in [0.4, 0.5) is 5.69 Å². The molecule has 1 N–H and O–H groups in total. The SMILES string of the molecule is Cc1cc(Oc2ncccc2C#N)ccc1NS(=O)(=O)c1ccc2ccccc2c1. The minimum atomic E-state index is -3.76. The van der Waals surface area contributed by atoms with Gasteiger partial charge in [0.15, 0.2) is 0 Å². The number of nitrogens with one attached hydrogen (secondary N) is 1. The molecule has 0 aliphatic carbocycles. The van der Waals surface area contributed by atoms with Gasteiger partial charge in [0, 0.05) is 6.20 Å². The molecule has 0 fully saturated rings. The van der Waals surface area contributed by atoms with Crippen LogP contribution >= 0.6 is 0 Å². The standard InChI is InChI=1S/C23H17N3O3S/c1-16-13-20(29-23-19(15-24)7-4-12-25-23)9-11-22(16)26-30(27,28)21-10-8-17-5-2-3-6-18(17)14-21/h2-14,26H,1H3. The molecule has 0 amide bonds. The minimum Gasteiger partial charge on any atom is -0.438 e. The Labute approximate surface area is 174 Å². The maximum Gasteiger partial charge on any atom is 0.261 e. The Morgan fingerprint density at radius 1 is 0.967 bits per heavy atom. The van der Waals surface area contributed by atoms with E-state index in [1.807, 2.05) is 30.3 Å². The third-order valence-electron chi connectivity index (χ3n) is 4.58. The predicted molar refractivity (Wildman–Crippen MR) is 115 cm³/mol. The number of hydrogen-bond donors (Lipinski definition) is 1. The van der Waals surface area contributed by atoms with Gasteiger partial charge in [-0.2, -0.15) is 5.26 Å². The van der Waals surface area contributed by atoms with Crippen LogP contribution in [0.2, 0.25) is 0 Å². The fraction of sp³-hybridized carbons (Fsp3) is 0.0435. The summed E-state index contributed by atoms with van der Waals surface area (Å²) in [7, 11) is -3.76. The molecule has 0 radical (unpaired) electrons. The number of sulfonamides is 1. The summed E-state index contributed by atoms with van der Waals surface area (Å²) in [4.78, 5) is 4.25. The molecule has 4 rings (SSSR count). The van der Waals surface area contributed by atoms with E-state index in [1.54, 1.807) is 55.5 Å². The van der Waals surface area contributed by atoms with Crippen LogP contribution in [-0.4, -0.2) is 13.4 Å². The average molecular weight is 415 g/mol. The maximum atomic E-state index is 12.9. The summed E-state index contributed by atoms with van der Waals surface area (Å²) < 4.78 is 34.1. The van der Waals surface area contributed by atoms with Gasteiger partial charge in [-0.05, 0) is 65.7 Å². The highest BCUT2D eigenvalue weighted by Gasteiger charge is 2.16. The number of aromatic nitrogens is 1. The third kappa shape index (κ3) is 3.95. The van der Waals surface area contributed by atoms with E-state index in [-0.39, 0.29) is 10.8 Å². The second-order valence-corrected chi connectivity index (χ2v) is 8.34. The molecule has 0 aliphatic heterocycles. The fourth-order valence-electron chi connectivity index (χ4n) is 3.02. The first-order valence-corrected chi connectivity index (χ1v) is 10.6. The lowest BCUT2D eigenvalue weighted by molar-refractivity contribution is 0.461. The van der Waals surface area contributed by atoms with E-state index in [4.69, 9.17) is 10.00 Å². The van der Waals surface area contributed by atoms with Gasteiger partial charge in [0.25, 0.3) is 10.0 Å². The van der Waals surface area contributed by atoms with Crippen molar-refractivity contribution in [1.82, 2.24) is 4.98 Å². The second-order valence-electron chi connectivity index (χ2n) is 6.66. The number of hydrogen-bond acceptors (Lipinski definition) is 5. The van der Waals surface area contributed by atoms with Crippen LogP contribution in [0.5, 0.6) is 11.6 Å². The number of nitriles is 1. The van der Waals surface area contributed by atoms with Crippen molar-refractivity contribution in [2.75, 3.05) is 4.72 Å². The summed E-state index contributed by atoms with van der Waals surface area (Å²) in [6.07, 6.45) is 1.54. The lowest BCUT2D eigenvalue weighted by Crippen LogP contribution is -2.13. The fourth-order valence-corrected chi connectivity index (χ4v) is 4.19. The number of ether oxygens (including phenoxy) is 1. The van der Waals surface area contributed by atoms with Gasteiger partial charge in [-0.1, -0.05) is 30.3 Å². The maximum absolute atomic E-state index is 12.9. The van der Waals surface area contributed by atoms with E-state index in [0.717, 1.165) is 10.8 Å². The third-order valence-corrected chi connectivity index (χ3v) is 5.94. The molecule has 0 bridgehead atoms. The van der Waals surface area contributed by atoms with Crippen molar-refractivity contribution in [2.45, 2.75) is 11.8 Å². The monoisotopic (exact) mass is 415 g/mol. The Balaban J connectivity index is 1.59. The summed E-state index contributed by atoms with van der Waals surface area (Å²) in [5.41, 5.74) is 1.43. The molecule has 4 aromatic rings. The lowest BCUT2D eigenvalue weighted by atomic mass is 10.1. The molecule has 7 heteroatoms. The molecule has 0 aliphatic rings. The second kappa shape index (κ2) is 7.85. The predicted octanol–water partition coefficient (Wildman–Crippen LogP) is 5.01. The molecule has 30 heavy (non-hydrogen) atoms. The van der Waals surface area contributed by atoms with Gasteiger partial charge in [-0.3, -0.25) is 4.72 Å². The summed E-state index contributed by atoms with van der Waals surface area (Å²) in [5, 5.41) is 11.0. The highest BCUT2D eigenvalue weighted by Crippen LogP contribution is 2.28. The van der Waals surface area contributed by atoms with E-state index in [0.29, 0.717) is 22.6 Å². The van der Waals surface area contributed by atoms with E-state index in [1.165, 1.54) is 6.20 Å². The molecule has 0 saturated heterocycles. The smallest absolute Gasteiger partial charge is 0.261 e. The number of aryl methyl sites for hydroxylation is 1. The van der Waals surface area contributed by atoms with Crippen LogP contribution in [0, 0.1) is 18.3 Å². The molecule has 1 aromatic heterocycles. The first kappa shape index (κ1) is 19.4. The van der Waals surface area contributed by atoms with Crippen molar-refractivity contribution in [3.63, 3.8) is 0 Å². The molecule has 6 nitrogen and oxygen atoms in total. The van der Waals surface area contributed by atoms with Crippen LogP contribution in [0.3, 0.4) is 0 Å². The largest absolute Gasteiger partial charge is 0.438 e. The van der Waals surface area contributed by atoms with Gasteiger partial charge in [0.05, 0.1) is 10.6 Å². The number of anilines is 1. The lowest BCUT2D eigenvalue weighted by Gasteiger charge is -2.13. The molecule has 148 valence electrons. The van der Waals surface area contributed by atoms with Gasteiger partial charge >= 0.3 is 0 Å². The van der Waals surface area contributed by atoms with Crippen LogP contribution < -0.4 is 9.46 Å². The van der Waals surface area contributed by atoms with E-state index < -0.39 is 10.0 Å². The Bertz CT molecular complexity index is 1390. The normalized spacial score (nSPS) is 11.1. The molecule has 0 atom stereocenters. The zero-order valence-corrected chi connectivity index (χ0v) is 16.8. The van der Waals surface area contributed by atoms with Gasteiger partial charge in [-0.15, -0.1) is 0 Å². The summed E-state index contributed by atoms with van der Waals surface area (Å²) in [5.74, 6) is 0.653. The Morgan fingerprint density at radius 3 is 2.53 bits per heavy atom. The molecule has 0 unspecified atom stereocenters. The van der Waals surface area contributed by atoms with Gasteiger partial charge in [-0.25, -0.2) is 13.4 Å². The van der Waals surface area contributed by atoms with Crippen molar-refractivity contribution >= 4 is 26.5 Å². The molecule has 0 spiro atoms. The number of benzene rings is 3. The van der Waals surface area contributed by atoms with Gasteiger partial charge in [0.2, 0.25) is 5.88 Å². The number of rotatable bonds is 5. The molecule has 0 saturated carbocycles. The summed E-state index contributed by atoms with van der Waals surface area (Å²) in [6, 6.07) is 22.8. The average Bonchev–Trinajstić information content (AvgIpc) is 2.75. The number of fused-ring (bicyclic) bond motifs is 1. The first-order valence-electron chi connectivity index (χ1n) is 9.11. The van der Waals surface area contributed by atoms with E-state index >= 15 is 0 Å². The molecule has 3 aromatic carbocycles. The topological polar surface area (TPSA) is 92.1 Å². The Morgan fingerprint density at radius 2 is 1.77 bits per heavy atom. The highest BCUT2D eigenvalue weighted by molar-refractivity contribution is 7.92. The van der Waals surface area contributed by atoms with Crippen LogP contribution in [0.15, 0.2) is 83.9 Å². The molecular weight excluding hydrogens is 398 g/mol. The highest BCUT2D eigenvalue weighted by atomic mass is 32.2.